The second-order valence-electron chi connectivity index (χ2n) is 4.94. The highest BCUT2D eigenvalue weighted by atomic mass is 32.2. The summed E-state index contributed by atoms with van der Waals surface area (Å²) < 4.78 is 11.1. The zero-order valence-corrected chi connectivity index (χ0v) is 13.9. The van der Waals surface area contributed by atoms with Crippen LogP contribution in [-0.2, 0) is 9.59 Å². The molecule has 22 heavy (non-hydrogen) atoms. The van der Waals surface area contributed by atoms with E-state index in [-0.39, 0.29) is 16.3 Å². The number of amides is 1. The predicted octanol–water partition coefficient (Wildman–Crippen LogP) is 2.87. The van der Waals surface area contributed by atoms with E-state index in [1.165, 1.54) is 18.7 Å². The number of nitrogens with zero attached hydrogens (tertiary/aromatic N) is 1. The molecule has 1 aromatic carbocycles. The summed E-state index contributed by atoms with van der Waals surface area (Å²) >= 11 is 1.22. The van der Waals surface area contributed by atoms with Crippen LogP contribution < -0.4 is 14.4 Å². The third-order valence-corrected chi connectivity index (χ3v) is 4.24. The van der Waals surface area contributed by atoms with Gasteiger partial charge in [-0.2, -0.15) is 0 Å². The summed E-state index contributed by atoms with van der Waals surface area (Å²) in [6, 6.07) is 5.48. The molecule has 1 saturated heterocycles. The van der Waals surface area contributed by atoms with E-state index < -0.39 is 0 Å². The molecule has 1 heterocycles. The molecule has 6 heteroatoms. The minimum Gasteiger partial charge on any atom is -0.494 e. The highest BCUT2D eigenvalue weighted by molar-refractivity contribution is 8.14. The van der Waals surface area contributed by atoms with E-state index in [9.17, 15) is 9.59 Å². The Hall–Kier alpha value is -1.69. The fourth-order valence-electron chi connectivity index (χ4n) is 2.46. The number of benzene rings is 1. The van der Waals surface area contributed by atoms with Crippen LogP contribution in [-0.4, -0.2) is 36.0 Å². The number of thioether (sulfide) groups is 1. The first kappa shape index (κ1) is 16.7. The van der Waals surface area contributed by atoms with E-state index in [4.69, 9.17) is 9.47 Å². The monoisotopic (exact) mass is 323 g/mol. The van der Waals surface area contributed by atoms with Crippen LogP contribution in [0.1, 0.15) is 27.2 Å². The van der Waals surface area contributed by atoms with Crippen molar-refractivity contribution in [2.24, 2.45) is 0 Å². The largest absolute Gasteiger partial charge is 0.494 e. The number of ether oxygens (including phenoxy) is 2. The molecule has 0 N–H and O–H groups in total. The standard InChI is InChI=1S/C16H21NO4S/c1-4-20-12-6-7-15(21-5-2)14(8-12)17-10-13(9-16(17)19)22-11(3)18/h6-8,13H,4-5,9-10H2,1-3H3. The van der Waals surface area contributed by atoms with Gasteiger partial charge in [0.15, 0.2) is 5.12 Å². The van der Waals surface area contributed by atoms with Crippen molar-refractivity contribution in [1.82, 2.24) is 0 Å². The molecule has 5 nitrogen and oxygen atoms in total. The molecular formula is C16H21NO4S. The van der Waals surface area contributed by atoms with E-state index >= 15 is 0 Å². The average Bonchev–Trinajstić information content (AvgIpc) is 2.81. The maximum Gasteiger partial charge on any atom is 0.228 e. The number of hydrogen-bond acceptors (Lipinski definition) is 5. The molecule has 1 aromatic rings. The van der Waals surface area contributed by atoms with Crippen molar-refractivity contribution in [2.75, 3.05) is 24.7 Å². The van der Waals surface area contributed by atoms with Gasteiger partial charge in [0.1, 0.15) is 11.5 Å². The molecule has 0 bridgehead atoms. The van der Waals surface area contributed by atoms with E-state index in [0.717, 1.165) is 0 Å². The Morgan fingerprint density at radius 3 is 2.68 bits per heavy atom. The van der Waals surface area contributed by atoms with Crippen molar-refractivity contribution in [3.8, 4) is 11.5 Å². The minimum atomic E-state index is -0.00442. The van der Waals surface area contributed by atoms with Crippen LogP contribution in [0.4, 0.5) is 5.69 Å². The normalized spacial score (nSPS) is 17.7. The molecule has 1 unspecified atom stereocenters. The first-order chi connectivity index (χ1) is 10.5. The molecule has 1 atom stereocenters. The third kappa shape index (κ3) is 3.94. The molecule has 1 aliphatic heterocycles. The number of hydrogen-bond donors (Lipinski definition) is 0. The van der Waals surface area contributed by atoms with Gasteiger partial charge in [0, 0.05) is 31.2 Å². The van der Waals surface area contributed by atoms with Gasteiger partial charge in [0.25, 0.3) is 0 Å². The van der Waals surface area contributed by atoms with E-state index in [1.807, 2.05) is 32.0 Å². The van der Waals surface area contributed by atoms with Crippen molar-refractivity contribution in [3.63, 3.8) is 0 Å². The summed E-state index contributed by atoms with van der Waals surface area (Å²) in [5, 5.41) is 0.0305. The molecule has 1 aliphatic rings. The van der Waals surface area contributed by atoms with Gasteiger partial charge in [-0.15, -0.1) is 0 Å². The Morgan fingerprint density at radius 2 is 2.05 bits per heavy atom. The predicted molar refractivity (Wildman–Crippen MR) is 87.8 cm³/mol. The first-order valence-electron chi connectivity index (χ1n) is 7.42. The number of carbonyl (C=O) groups is 2. The summed E-state index contributed by atoms with van der Waals surface area (Å²) in [6.45, 7) is 6.94. The van der Waals surface area contributed by atoms with Gasteiger partial charge in [-0.3, -0.25) is 9.59 Å². The molecule has 2 rings (SSSR count). The topological polar surface area (TPSA) is 55.8 Å². The highest BCUT2D eigenvalue weighted by Crippen LogP contribution is 2.37. The Balaban J connectivity index is 2.26. The second-order valence-corrected chi connectivity index (χ2v) is 6.41. The van der Waals surface area contributed by atoms with E-state index in [0.29, 0.717) is 43.4 Å². The van der Waals surface area contributed by atoms with Crippen molar-refractivity contribution < 1.29 is 19.1 Å². The molecule has 0 spiro atoms. The lowest BCUT2D eigenvalue weighted by atomic mass is 10.2. The SMILES string of the molecule is CCOc1ccc(OCC)c(N2CC(SC(C)=O)CC2=O)c1. The van der Waals surface area contributed by atoms with Crippen LogP contribution >= 0.6 is 11.8 Å². The summed E-state index contributed by atoms with van der Waals surface area (Å²) in [4.78, 5) is 25.2. The highest BCUT2D eigenvalue weighted by Gasteiger charge is 2.33. The first-order valence-corrected chi connectivity index (χ1v) is 8.30. The van der Waals surface area contributed by atoms with Crippen LogP contribution in [0.2, 0.25) is 0 Å². The number of anilines is 1. The summed E-state index contributed by atoms with van der Waals surface area (Å²) in [5.41, 5.74) is 0.712. The van der Waals surface area contributed by atoms with Gasteiger partial charge < -0.3 is 14.4 Å². The van der Waals surface area contributed by atoms with Gasteiger partial charge >= 0.3 is 0 Å². The molecular weight excluding hydrogens is 302 g/mol. The molecule has 120 valence electrons. The van der Waals surface area contributed by atoms with Crippen molar-refractivity contribution >= 4 is 28.5 Å². The number of carbonyl (C=O) groups excluding carboxylic acids is 2. The Kier molecular flexibility index (Phi) is 5.71. The summed E-state index contributed by atoms with van der Waals surface area (Å²) in [6.07, 6.45) is 0.370. The maximum atomic E-state index is 12.3. The van der Waals surface area contributed by atoms with Crippen molar-refractivity contribution in [1.29, 1.82) is 0 Å². The van der Waals surface area contributed by atoms with Crippen LogP contribution in [0.5, 0.6) is 11.5 Å². The molecule has 0 saturated carbocycles. The smallest absolute Gasteiger partial charge is 0.228 e. The van der Waals surface area contributed by atoms with Crippen LogP contribution in [0.3, 0.4) is 0 Å². The third-order valence-electron chi connectivity index (χ3n) is 3.25. The van der Waals surface area contributed by atoms with Gasteiger partial charge in [-0.25, -0.2) is 0 Å². The fourth-order valence-corrected chi connectivity index (χ4v) is 3.38. The van der Waals surface area contributed by atoms with Crippen molar-refractivity contribution in [3.05, 3.63) is 18.2 Å². The quantitative estimate of drug-likeness (QED) is 0.806. The zero-order chi connectivity index (χ0) is 16.1. The van der Waals surface area contributed by atoms with Crippen molar-refractivity contribution in [2.45, 2.75) is 32.4 Å². The molecule has 0 radical (unpaired) electrons. The summed E-state index contributed by atoms with van der Waals surface area (Å²) in [5.74, 6) is 1.37. The van der Waals surface area contributed by atoms with Gasteiger partial charge in [0.2, 0.25) is 5.91 Å². The Bertz CT molecular complexity index is 561. The lowest BCUT2D eigenvalue weighted by Gasteiger charge is -2.21. The van der Waals surface area contributed by atoms with Crippen LogP contribution in [0.25, 0.3) is 0 Å². The van der Waals surface area contributed by atoms with Gasteiger partial charge in [-0.05, 0) is 26.0 Å². The fraction of sp³-hybridized carbons (Fsp3) is 0.500. The maximum absolute atomic E-state index is 12.3. The molecule has 0 aromatic heterocycles. The van der Waals surface area contributed by atoms with E-state index in [2.05, 4.69) is 0 Å². The average molecular weight is 323 g/mol. The van der Waals surface area contributed by atoms with Crippen LogP contribution in [0, 0.1) is 0 Å². The molecule has 1 amide bonds. The molecule has 1 fully saturated rings. The molecule has 0 aliphatic carbocycles. The Morgan fingerprint density at radius 1 is 1.32 bits per heavy atom. The lowest BCUT2D eigenvalue weighted by Crippen LogP contribution is -2.25. The minimum absolute atomic E-state index is 0.00442. The summed E-state index contributed by atoms with van der Waals surface area (Å²) in [7, 11) is 0. The van der Waals surface area contributed by atoms with Gasteiger partial charge in [0.05, 0.1) is 18.9 Å². The van der Waals surface area contributed by atoms with Crippen LogP contribution in [0.15, 0.2) is 18.2 Å². The number of rotatable bonds is 6. The van der Waals surface area contributed by atoms with Gasteiger partial charge in [-0.1, -0.05) is 11.8 Å². The zero-order valence-electron chi connectivity index (χ0n) is 13.1. The van der Waals surface area contributed by atoms with E-state index in [1.54, 1.807) is 4.90 Å². The second kappa shape index (κ2) is 7.54. The lowest BCUT2D eigenvalue weighted by molar-refractivity contribution is -0.117. The Labute approximate surface area is 135 Å².